The number of hydrogen-bond donors (Lipinski definition) is 3. The largest absolute Gasteiger partial charge is 0.349 e. The molecule has 40 heavy (non-hydrogen) atoms. The number of fused-ring (bicyclic) bond motifs is 1. The van der Waals surface area contributed by atoms with Crippen molar-refractivity contribution in [3.8, 4) is 11.3 Å². The van der Waals surface area contributed by atoms with Gasteiger partial charge in [0.2, 0.25) is 5.95 Å². The Morgan fingerprint density at radius 2 is 1.73 bits per heavy atom. The Labute approximate surface area is 239 Å². The lowest BCUT2D eigenvalue weighted by atomic mass is 9.99. The van der Waals surface area contributed by atoms with Crippen LogP contribution >= 0.6 is 11.3 Å². The molecule has 0 radical (unpaired) electrons. The van der Waals surface area contributed by atoms with Crippen molar-refractivity contribution in [1.29, 1.82) is 0 Å². The Balaban J connectivity index is 1.29. The van der Waals surface area contributed by atoms with E-state index < -0.39 is 0 Å². The molecule has 2 heterocycles. The standard InChI is InChI=1S/C32H35N5O2S/c1-19(2)21(4)34-30(38)22-12-14-24(15-13-22)35-32-33-17-16-27(37-32)25-9-7-10-26(20(25)3)36-31(39)29-18-23-8-5-6-11-28(23)40-29/h7,9-10,12-19,21H,5-6,8,11H2,1-4H3,(H,34,38)(H,36,39)(H,33,35,37). The zero-order chi connectivity index (χ0) is 28.2. The molecule has 7 nitrogen and oxygen atoms in total. The number of nitrogens with one attached hydrogen (secondary N) is 3. The summed E-state index contributed by atoms with van der Waals surface area (Å²) < 4.78 is 0. The first-order valence-corrected chi connectivity index (χ1v) is 14.6. The molecule has 0 bridgehead atoms. The van der Waals surface area contributed by atoms with E-state index >= 15 is 0 Å². The van der Waals surface area contributed by atoms with E-state index in [0.717, 1.165) is 45.9 Å². The summed E-state index contributed by atoms with van der Waals surface area (Å²) >= 11 is 1.61. The second kappa shape index (κ2) is 12.0. The van der Waals surface area contributed by atoms with Gasteiger partial charge in [-0.15, -0.1) is 11.3 Å². The second-order valence-corrected chi connectivity index (χ2v) is 11.8. The number of nitrogens with zero attached hydrogens (tertiary/aromatic N) is 2. The highest BCUT2D eigenvalue weighted by Crippen LogP contribution is 2.32. The van der Waals surface area contributed by atoms with Gasteiger partial charge in [0, 0.05) is 39.6 Å². The average Bonchev–Trinajstić information content (AvgIpc) is 3.39. The quantitative estimate of drug-likeness (QED) is 0.215. The molecule has 1 aliphatic rings. The van der Waals surface area contributed by atoms with Crippen LogP contribution in [0.4, 0.5) is 17.3 Å². The smallest absolute Gasteiger partial charge is 0.265 e. The zero-order valence-electron chi connectivity index (χ0n) is 23.4. The minimum absolute atomic E-state index is 0.0690. The Bertz CT molecular complexity index is 1500. The van der Waals surface area contributed by atoms with Crippen LogP contribution in [0.15, 0.2) is 60.8 Å². The molecule has 0 aliphatic heterocycles. The summed E-state index contributed by atoms with van der Waals surface area (Å²) in [5.41, 5.74) is 6.07. The Morgan fingerprint density at radius 3 is 2.48 bits per heavy atom. The fourth-order valence-corrected chi connectivity index (χ4v) is 5.84. The molecule has 5 rings (SSSR count). The van der Waals surface area contributed by atoms with E-state index in [9.17, 15) is 9.59 Å². The Kier molecular flexibility index (Phi) is 8.26. The summed E-state index contributed by atoms with van der Waals surface area (Å²) in [6.07, 6.45) is 6.24. The van der Waals surface area contributed by atoms with Gasteiger partial charge in [-0.3, -0.25) is 9.59 Å². The summed E-state index contributed by atoms with van der Waals surface area (Å²) in [7, 11) is 0. The van der Waals surface area contributed by atoms with Gasteiger partial charge >= 0.3 is 0 Å². The van der Waals surface area contributed by atoms with Crippen molar-refractivity contribution in [2.24, 2.45) is 5.92 Å². The van der Waals surface area contributed by atoms with Gasteiger partial charge in [-0.25, -0.2) is 9.97 Å². The molecule has 8 heteroatoms. The zero-order valence-corrected chi connectivity index (χ0v) is 24.2. The lowest BCUT2D eigenvalue weighted by Crippen LogP contribution is -2.36. The number of aryl methyl sites for hydroxylation is 2. The predicted octanol–water partition coefficient (Wildman–Crippen LogP) is 7.16. The SMILES string of the molecule is Cc1c(NC(=O)c2cc3c(s2)CCCC3)cccc1-c1ccnc(Nc2ccc(C(=O)NC(C)C(C)C)cc2)n1. The molecule has 206 valence electrons. The average molecular weight is 554 g/mol. The molecular weight excluding hydrogens is 518 g/mol. The van der Waals surface area contributed by atoms with Crippen molar-refractivity contribution in [3.05, 3.63) is 87.2 Å². The lowest BCUT2D eigenvalue weighted by molar-refractivity contribution is 0.0930. The summed E-state index contributed by atoms with van der Waals surface area (Å²) in [6.45, 7) is 8.15. The lowest BCUT2D eigenvalue weighted by Gasteiger charge is -2.17. The van der Waals surface area contributed by atoms with Gasteiger partial charge in [0.05, 0.1) is 10.6 Å². The topological polar surface area (TPSA) is 96.0 Å². The molecule has 0 saturated carbocycles. The third-order valence-electron chi connectivity index (χ3n) is 7.50. The number of hydrogen-bond acceptors (Lipinski definition) is 6. The van der Waals surface area contributed by atoms with Crippen molar-refractivity contribution in [3.63, 3.8) is 0 Å². The van der Waals surface area contributed by atoms with Gasteiger partial charge in [0.25, 0.3) is 11.8 Å². The highest BCUT2D eigenvalue weighted by molar-refractivity contribution is 7.14. The second-order valence-electron chi connectivity index (χ2n) is 10.7. The summed E-state index contributed by atoms with van der Waals surface area (Å²) in [5, 5.41) is 9.36. The van der Waals surface area contributed by atoms with Crippen LogP contribution in [-0.4, -0.2) is 27.8 Å². The van der Waals surface area contributed by atoms with E-state index in [0.29, 0.717) is 17.4 Å². The first-order valence-electron chi connectivity index (χ1n) is 13.8. The van der Waals surface area contributed by atoms with E-state index in [4.69, 9.17) is 4.98 Å². The van der Waals surface area contributed by atoms with E-state index in [-0.39, 0.29) is 17.9 Å². The first-order chi connectivity index (χ1) is 19.3. The number of anilines is 3. The van der Waals surface area contributed by atoms with Crippen molar-refractivity contribution in [1.82, 2.24) is 15.3 Å². The number of amides is 2. The van der Waals surface area contributed by atoms with Crippen LogP contribution < -0.4 is 16.0 Å². The van der Waals surface area contributed by atoms with E-state index in [1.54, 1.807) is 29.7 Å². The summed E-state index contributed by atoms with van der Waals surface area (Å²) in [6, 6.07) is 17.1. The third kappa shape index (κ3) is 6.23. The van der Waals surface area contributed by atoms with Gasteiger partial charge in [0.15, 0.2) is 0 Å². The van der Waals surface area contributed by atoms with E-state index in [1.807, 2.05) is 50.2 Å². The van der Waals surface area contributed by atoms with Crippen molar-refractivity contribution in [2.75, 3.05) is 10.6 Å². The van der Waals surface area contributed by atoms with Crippen LogP contribution in [-0.2, 0) is 12.8 Å². The molecule has 1 unspecified atom stereocenters. The maximum absolute atomic E-state index is 13.1. The Hall–Kier alpha value is -4.04. The fraction of sp³-hybridized carbons (Fsp3) is 0.312. The molecule has 2 aromatic carbocycles. The van der Waals surface area contributed by atoms with Gasteiger partial charge in [-0.1, -0.05) is 26.0 Å². The molecule has 3 N–H and O–H groups in total. The molecule has 2 aromatic heterocycles. The highest BCUT2D eigenvalue weighted by Gasteiger charge is 2.19. The van der Waals surface area contributed by atoms with Crippen LogP contribution in [0, 0.1) is 12.8 Å². The number of aromatic nitrogens is 2. The highest BCUT2D eigenvalue weighted by atomic mass is 32.1. The fourth-order valence-electron chi connectivity index (χ4n) is 4.69. The number of carbonyl (C=O) groups is 2. The van der Waals surface area contributed by atoms with Gasteiger partial charge < -0.3 is 16.0 Å². The van der Waals surface area contributed by atoms with Crippen molar-refractivity contribution < 1.29 is 9.59 Å². The maximum atomic E-state index is 13.1. The third-order valence-corrected chi connectivity index (χ3v) is 8.73. The van der Waals surface area contributed by atoms with Crippen molar-refractivity contribution >= 4 is 40.5 Å². The molecule has 0 spiro atoms. The van der Waals surface area contributed by atoms with Crippen LogP contribution in [0.1, 0.15) is 69.6 Å². The minimum atomic E-state index is -0.0906. The maximum Gasteiger partial charge on any atom is 0.265 e. The normalized spacial score (nSPS) is 13.4. The van der Waals surface area contributed by atoms with Gasteiger partial charge in [0.1, 0.15) is 0 Å². The van der Waals surface area contributed by atoms with Crippen LogP contribution in [0.3, 0.4) is 0 Å². The number of rotatable bonds is 8. The molecule has 1 aliphatic carbocycles. The monoisotopic (exact) mass is 553 g/mol. The molecular formula is C32H35N5O2S. The first kappa shape index (κ1) is 27.5. The molecule has 4 aromatic rings. The number of carbonyl (C=O) groups excluding carboxylic acids is 2. The summed E-state index contributed by atoms with van der Waals surface area (Å²) in [4.78, 5) is 36.8. The van der Waals surface area contributed by atoms with E-state index in [1.165, 1.54) is 23.3 Å². The van der Waals surface area contributed by atoms with Crippen LogP contribution in [0.25, 0.3) is 11.3 Å². The number of benzene rings is 2. The molecule has 0 fully saturated rings. The minimum Gasteiger partial charge on any atom is -0.349 e. The van der Waals surface area contributed by atoms with E-state index in [2.05, 4.69) is 40.8 Å². The summed E-state index contributed by atoms with van der Waals surface area (Å²) in [5.74, 6) is 0.648. The van der Waals surface area contributed by atoms with Crippen molar-refractivity contribution in [2.45, 2.75) is 59.4 Å². The van der Waals surface area contributed by atoms with Gasteiger partial charge in [-0.05, 0) is 99.0 Å². The van der Waals surface area contributed by atoms with Crippen LogP contribution in [0.5, 0.6) is 0 Å². The Morgan fingerprint density at radius 1 is 0.950 bits per heavy atom. The van der Waals surface area contributed by atoms with Crippen LogP contribution in [0.2, 0.25) is 0 Å². The molecule has 2 amide bonds. The number of thiophene rings is 1. The predicted molar refractivity (Wildman–Crippen MR) is 163 cm³/mol. The molecule has 1 atom stereocenters. The molecule has 0 saturated heterocycles. The van der Waals surface area contributed by atoms with Gasteiger partial charge in [-0.2, -0.15) is 0 Å².